The first-order valence-electron chi connectivity index (χ1n) is 9.06. The molecule has 1 unspecified atom stereocenters. The number of halogens is 3. The summed E-state index contributed by atoms with van der Waals surface area (Å²) in [6.07, 6.45) is -1.00. The first-order valence-corrected chi connectivity index (χ1v) is 9.06. The van der Waals surface area contributed by atoms with Gasteiger partial charge < -0.3 is 9.64 Å². The number of carbonyl (C=O) groups excluding carboxylic acids is 1. The fraction of sp³-hybridized carbons (Fsp3) is 0.632. The van der Waals surface area contributed by atoms with Crippen LogP contribution in [0.2, 0.25) is 0 Å². The van der Waals surface area contributed by atoms with Gasteiger partial charge in [-0.15, -0.1) is 0 Å². The number of amides is 1. The van der Waals surface area contributed by atoms with Gasteiger partial charge >= 0.3 is 6.18 Å². The van der Waals surface area contributed by atoms with E-state index in [2.05, 4.69) is 4.90 Å². The van der Waals surface area contributed by atoms with Crippen molar-refractivity contribution in [1.29, 1.82) is 0 Å². The van der Waals surface area contributed by atoms with Crippen LogP contribution in [0.15, 0.2) is 24.3 Å². The van der Waals surface area contributed by atoms with Crippen LogP contribution in [0.4, 0.5) is 13.2 Å². The molecule has 0 aliphatic carbocycles. The van der Waals surface area contributed by atoms with Crippen LogP contribution in [0.25, 0.3) is 0 Å². The summed E-state index contributed by atoms with van der Waals surface area (Å²) in [5, 5.41) is 0. The van der Waals surface area contributed by atoms with Crippen LogP contribution in [0.3, 0.4) is 0 Å². The van der Waals surface area contributed by atoms with Gasteiger partial charge in [-0.3, -0.25) is 9.69 Å². The molecule has 7 heteroatoms. The van der Waals surface area contributed by atoms with E-state index in [0.717, 1.165) is 44.8 Å². The highest BCUT2D eigenvalue weighted by atomic mass is 19.4. The molecule has 144 valence electrons. The summed E-state index contributed by atoms with van der Waals surface area (Å²) in [5.74, 6) is 0.102. The number of alkyl halides is 3. The summed E-state index contributed by atoms with van der Waals surface area (Å²) in [4.78, 5) is 17.1. The minimum atomic E-state index is -4.35. The Kier molecular flexibility index (Phi) is 5.58. The second kappa shape index (κ2) is 7.56. The lowest BCUT2D eigenvalue weighted by Gasteiger charge is -2.44. The molecule has 0 N–H and O–H groups in total. The highest BCUT2D eigenvalue weighted by Gasteiger charge is 2.50. The van der Waals surface area contributed by atoms with Crippen LogP contribution in [0, 0.1) is 0 Å². The van der Waals surface area contributed by atoms with Crippen molar-refractivity contribution in [2.24, 2.45) is 0 Å². The molecule has 2 heterocycles. The topological polar surface area (TPSA) is 32.8 Å². The van der Waals surface area contributed by atoms with Crippen molar-refractivity contribution in [3.8, 4) is 0 Å². The first-order chi connectivity index (χ1) is 12.4. The number of hydrogen-bond acceptors (Lipinski definition) is 3. The van der Waals surface area contributed by atoms with Gasteiger partial charge in [-0.05, 0) is 43.9 Å². The molecule has 2 aliphatic heterocycles. The van der Waals surface area contributed by atoms with Crippen LogP contribution in [0.5, 0.6) is 0 Å². The third-order valence-electron chi connectivity index (χ3n) is 5.52. The van der Waals surface area contributed by atoms with E-state index in [-0.39, 0.29) is 5.91 Å². The largest absolute Gasteiger partial charge is 0.416 e. The van der Waals surface area contributed by atoms with E-state index in [1.54, 1.807) is 13.2 Å². The van der Waals surface area contributed by atoms with E-state index in [1.807, 2.05) is 4.90 Å². The Balaban J connectivity index is 1.79. The summed E-state index contributed by atoms with van der Waals surface area (Å²) < 4.78 is 44.0. The van der Waals surface area contributed by atoms with Gasteiger partial charge in [0.05, 0.1) is 12.2 Å². The SMILES string of the molecule is COCCN1CCCC2(CCCN2Cc2cccc(C(F)(F)F)c2)C1=O. The molecule has 1 spiro atoms. The van der Waals surface area contributed by atoms with E-state index < -0.39 is 17.3 Å². The van der Waals surface area contributed by atoms with Crippen LogP contribution in [-0.2, 0) is 22.3 Å². The minimum Gasteiger partial charge on any atom is -0.383 e. The summed E-state index contributed by atoms with van der Waals surface area (Å²) in [6, 6.07) is 5.43. The summed E-state index contributed by atoms with van der Waals surface area (Å²) in [6.45, 7) is 2.89. The minimum absolute atomic E-state index is 0.102. The van der Waals surface area contributed by atoms with Gasteiger partial charge in [0.15, 0.2) is 0 Å². The molecule has 2 fully saturated rings. The average Bonchev–Trinajstić information content (AvgIpc) is 2.99. The van der Waals surface area contributed by atoms with E-state index in [9.17, 15) is 18.0 Å². The standard InChI is InChI=1S/C19H25F3N2O2/c1-26-12-11-23-9-3-7-18(17(23)25)8-4-10-24(18)14-15-5-2-6-16(13-15)19(20,21)22/h2,5-6,13H,3-4,7-12,14H2,1H3. The molecule has 26 heavy (non-hydrogen) atoms. The second-order valence-electron chi connectivity index (χ2n) is 7.14. The van der Waals surface area contributed by atoms with Gasteiger partial charge in [0.1, 0.15) is 5.54 Å². The molecule has 2 saturated heterocycles. The molecule has 1 aromatic rings. The molecule has 0 radical (unpaired) electrons. The first kappa shape index (κ1) is 19.2. The number of ether oxygens (including phenoxy) is 1. The Morgan fingerprint density at radius 1 is 1.19 bits per heavy atom. The molecule has 3 rings (SSSR count). The fourth-order valence-electron chi connectivity index (χ4n) is 4.24. The number of carbonyl (C=O) groups is 1. The fourth-order valence-corrected chi connectivity index (χ4v) is 4.24. The van der Waals surface area contributed by atoms with Gasteiger partial charge in [0.2, 0.25) is 5.91 Å². The summed E-state index contributed by atoms with van der Waals surface area (Å²) in [5.41, 5.74) is -0.608. The van der Waals surface area contributed by atoms with Gasteiger partial charge in [-0.2, -0.15) is 13.2 Å². The Morgan fingerprint density at radius 3 is 2.62 bits per heavy atom. The van der Waals surface area contributed by atoms with Crippen LogP contribution < -0.4 is 0 Å². The van der Waals surface area contributed by atoms with Crippen molar-refractivity contribution in [2.75, 3.05) is 33.4 Å². The zero-order chi connectivity index (χ0) is 18.8. The third kappa shape index (κ3) is 3.74. The molecule has 1 aromatic carbocycles. The number of methoxy groups -OCH3 is 1. The van der Waals surface area contributed by atoms with E-state index in [1.165, 1.54) is 12.1 Å². The molecule has 1 atom stereocenters. The van der Waals surface area contributed by atoms with Gasteiger partial charge in [0.25, 0.3) is 0 Å². The number of rotatable bonds is 5. The quantitative estimate of drug-likeness (QED) is 0.797. The maximum absolute atomic E-state index is 13.1. The van der Waals surface area contributed by atoms with Crippen LogP contribution >= 0.6 is 0 Å². The molecule has 1 amide bonds. The predicted molar refractivity (Wildman–Crippen MR) is 91.5 cm³/mol. The maximum atomic E-state index is 13.1. The molecular formula is C19H25F3N2O2. The molecule has 0 bridgehead atoms. The predicted octanol–water partition coefficient (Wildman–Crippen LogP) is 3.31. The van der Waals surface area contributed by atoms with E-state index >= 15 is 0 Å². The van der Waals surface area contributed by atoms with Crippen molar-refractivity contribution >= 4 is 5.91 Å². The monoisotopic (exact) mass is 370 g/mol. The number of nitrogens with zero attached hydrogens (tertiary/aromatic N) is 2. The Hall–Kier alpha value is -1.60. The number of benzene rings is 1. The highest BCUT2D eigenvalue weighted by Crippen LogP contribution is 2.39. The Bertz CT molecular complexity index is 650. The lowest BCUT2D eigenvalue weighted by atomic mass is 9.85. The van der Waals surface area contributed by atoms with Crippen molar-refractivity contribution in [3.63, 3.8) is 0 Å². The number of hydrogen-bond donors (Lipinski definition) is 0. The van der Waals surface area contributed by atoms with Crippen molar-refractivity contribution in [3.05, 3.63) is 35.4 Å². The second-order valence-corrected chi connectivity index (χ2v) is 7.14. The average molecular weight is 370 g/mol. The summed E-state index contributed by atoms with van der Waals surface area (Å²) >= 11 is 0. The molecule has 0 aromatic heterocycles. The summed E-state index contributed by atoms with van der Waals surface area (Å²) in [7, 11) is 1.61. The normalized spacial score (nSPS) is 24.6. The van der Waals surface area contributed by atoms with Crippen molar-refractivity contribution in [1.82, 2.24) is 9.80 Å². The van der Waals surface area contributed by atoms with Crippen LogP contribution in [0.1, 0.15) is 36.8 Å². The highest BCUT2D eigenvalue weighted by molar-refractivity contribution is 5.87. The maximum Gasteiger partial charge on any atom is 0.416 e. The molecule has 4 nitrogen and oxygen atoms in total. The zero-order valence-electron chi connectivity index (χ0n) is 15.0. The molecule has 2 aliphatic rings. The van der Waals surface area contributed by atoms with Crippen LogP contribution in [-0.4, -0.2) is 54.6 Å². The molecular weight excluding hydrogens is 345 g/mol. The van der Waals surface area contributed by atoms with Gasteiger partial charge in [0, 0.05) is 26.7 Å². The van der Waals surface area contributed by atoms with Gasteiger partial charge in [-0.25, -0.2) is 0 Å². The number of likely N-dealkylation sites (tertiary alicyclic amines) is 2. The van der Waals surface area contributed by atoms with Crippen molar-refractivity contribution in [2.45, 2.75) is 43.9 Å². The third-order valence-corrected chi connectivity index (χ3v) is 5.52. The van der Waals surface area contributed by atoms with E-state index in [0.29, 0.717) is 25.3 Å². The molecule has 0 saturated carbocycles. The van der Waals surface area contributed by atoms with Gasteiger partial charge in [-0.1, -0.05) is 18.2 Å². The van der Waals surface area contributed by atoms with E-state index in [4.69, 9.17) is 4.74 Å². The lowest BCUT2D eigenvalue weighted by Crippen LogP contribution is -2.60. The number of piperidine rings is 1. The zero-order valence-corrected chi connectivity index (χ0v) is 15.0. The Morgan fingerprint density at radius 2 is 1.92 bits per heavy atom. The lowest BCUT2D eigenvalue weighted by molar-refractivity contribution is -0.148. The Labute approximate surface area is 151 Å². The smallest absolute Gasteiger partial charge is 0.383 e. The van der Waals surface area contributed by atoms with Crippen molar-refractivity contribution < 1.29 is 22.7 Å².